The highest BCUT2D eigenvalue weighted by molar-refractivity contribution is 7.99. The minimum atomic E-state index is -0.583. The van der Waals surface area contributed by atoms with Crippen molar-refractivity contribution in [1.29, 1.82) is 0 Å². The summed E-state index contributed by atoms with van der Waals surface area (Å²) >= 11 is 1.65. The van der Waals surface area contributed by atoms with Crippen LogP contribution in [0.4, 0.5) is 0 Å². The number of benzene rings is 4. The summed E-state index contributed by atoms with van der Waals surface area (Å²) in [6.45, 7) is 10.1. The van der Waals surface area contributed by atoms with Crippen LogP contribution in [-0.2, 0) is 16.2 Å². The molecule has 43 heavy (non-hydrogen) atoms. The van der Waals surface area contributed by atoms with Crippen LogP contribution in [0.5, 0.6) is 0 Å². The third-order valence-corrected chi connectivity index (χ3v) is 8.98. The Bertz CT molecular complexity index is 1900. The maximum absolute atomic E-state index is 13.8. The molecule has 0 spiro atoms. The molecule has 0 aliphatic carbocycles. The summed E-state index contributed by atoms with van der Waals surface area (Å²) in [5, 5.41) is 5.74. The molecule has 0 atom stereocenters. The molecule has 4 aromatic carbocycles. The number of carbonyl (C=O) groups is 3. The Morgan fingerprint density at radius 2 is 1.40 bits per heavy atom. The van der Waals surface area contributed by atoms with Gasteiger partial charge in [0.2, 0.25) is 5.78 Å². The third-order valence-electron chi connectivity index (χ3n) is 7.64. The molecule has 0 saturated carbocycles. The lowest BCUT2D eigenvalue weighted by atomic mass is 9.97. The second-order valence-electron chi connectivity index (χ2n) is 10.6. The molecule has 7 heteroatoms. The third kappa shape index (κ3) is 6.18. The number of carbonyl (C=O) groups excluding carboxylic acids is 3. The summed E-state index contributed by atoms with van der Waals surface area (Å²) in [5.74, 6) is -0.323. The van der Waals surface area contributed by atoms with Crippen molar-refractivity contribution >= 4 is 56.8 Å². The molecule has 0 aliphatic heterocycles. The first-order valence-electron chi connectivity index (χ1n) is 14.3. The fraction of sp³-hybridized carbons (Fsp3) is 0.222. The number of oxime groups is 1. The van der Waals surface area contributed by atoms with E-state index in [1.165, 1.54) is 22.9 Å². The number of ketones is 2. The predicted molar refractivity (Wildman–Crippen MR) is 175 cm³/mol. The lowest BCUT2D eigenvalue weighted by Gasteiger charge is -2.10. The Morgan fingerprint density at radius 1 is 0.791 bits per heavy atom. The van der Waals surface area contributed by atoms with Crippen LogP contribution in [0.3, 0.4) is 0 Å². The Labute approximate surface area is 255 Å². The van der Waals surface area contributed by atoms with Crippen LogP contribution in [0.15, 0.2) is 88.9 Å². The van der Waals surface area contributed by atoms with Crippen LogP contribution >= 0.6 is 11.8 Å². The molecule has 0 aliphatic rings. The van der Waals surface area contributed by atoms with Crippen molar-refractivity contribution < 1.29 is 19.2 Å². The van der Waals surface area contributed by atoms with E-state index in [-0.39, 0.29) is 17.3 Å². The first kappa shape index (κ1) is 30.0. The Hall–Kier alpha value is -4.49. The number of aromatic nitrogens is 1. The standard InChI is InChI=1S/C36H34N2O4S/c1-6-38-32-16-14-26(34(40)28-13-8-7-10-22(28)2)20-29(32)30-21-27(15-17-33(30)38)35(41)31(37-42-25(5)39)18-19-43-36-23(3)11-9-12-24(36)4/h7-17,20-21H,6,18-19H2,1-5H3/b37-31+. The van der Waals surface area contributed by atoms with Gasteiger partial charge in [0.05, 0.1) is 0 Å². The second kappa shape index (κ2) is 12.8. The molecule has 1 aromatic heterocycles. The van der Waals surface area contributed by atoms with E-state index in [1.807, 2.05) is 67.6 Å². The molecule has 0 fully saturated rings. The van der Waals surface area contributed by atoms with Gasteiger partial charge in [-0.05, 0) is 80.8 Å². The van der Waals surface area contributed by atoms with Crippen LogP contribution in [0.25, 0.3) is 21.8 Å². The Balaban J connectivity index is 1.51. The van der Waals surface area contributed by atoms with Gasteiger partial charge in [-0.15, -0.1) is 11.8 Å². The van der Waals surface area contributed by atoms with Crippen molar-refractivity contribution in [3.8, 4) is 0 Å². The lowest BCUT2D eigenvalue weighted by Crippen LogP contribution is -2.17. The molecular weight excluding hydrogens is 556 g/mol. The summed E-state index contributed by atoms with van der Waals surface area (Å²) in [6, 6.07) is 25.1. The van der Waals surface area contributed by atoms with Crippen molar-refractivity contribution in [2.75, 3.05) is 5.75 Å². The van der Waals surface area contributed by atoms with Gasteiger partial charge in [-0.3, -0.25) is 9.59 Å². The molecule has 5 rings (SSSR count). The molecule has 0 radical (unpaired) electrons. The van der Waals surface area contributed by atoms with Crippen molar-refractivity contribution in [2.45, 2.75) is 52.5 Å². The predicted octanol–water partition coefficient (Wildman–Crippen LogP) is 8.25. The van der Waals surface area contributed by atoms with Crippen molar-refractivity contribution in [1.82, 2.24) is 4.57 Å². The molecule has 0 unspecified atom stereocenters. The van der Waals surface area contributed by atoms with Crippen molar-refractivity contribution in [3.63, 3.8) is 0 Å². The summed E-state index contributed by atoms with van der Waals surface area (Å²) in [4.78, 5) is 44.9. The molecule has 1 heterocycles. The molecule has 0 bridgehead atoms. The Morgan fingerprint density at radius 3 is 2.02 bits per heavy atom. The first-order valence-corrected chi connectivity index (χ1v) is 15.3. The highest BCUT2D eigenvalue weighted by Crippen LogP contribution is 2.32. The quantitative estimate of drug-likeness (QED) is 0.0538. The molecule has 6 nitrogen and oxygen atoms in total. The van der Waals surface area contributed by atoms with E-state index in [4.69, 9.17) is 4.84 Å². The smallest absolute Gasteiger partial charge is 0.331 e. The number of hydrogen-bond acceptors (Lipinski definition) is 6. The Kier molecular flexibility index (Phi) is 8.92. The van der Waals surface area contributed by atoms with Gasteiger partial charge >= 0.3 is 5.97 Å². The zero-order valence-corrected chi connectivity index (χ0v) is 25.9. The van der Waals surface area contributed by atoms with Crippen LogP contribution in [0, 0.1) is 20.8 Å². The topological polar surface area (TPSA) is 77.7 Å². The van der Waals surface area contributed by atoms with Crippen LogP contribution in [0.1, 0.15) is 63.2 Å². The van der Waals surface area contributed by atoms with E-state index < -0.39 is 5.97 Å². The van der Waals surface area contributed by atoms with Crippen LogP contribution < -0.4 is 0 Å². The average Bonchev–Trinajstić information content (AvgIpc) is 3.31. The van der Waals surface area contributed by atoms with Crippen molar-refractivity contribution in [3.05, 3.63) is 112 Å². The van der Waals surface area contributed by atoms with Gasteiger partial charge in [-0.1, -0.05) is 47.6 Å². The first-order chi connectivity index (χ1) is 20.7. The highest BCUT2D eigenvalue weighted by Gasteiger charge is 2.20. The van der Waals surface area contributed by atoms with E-state index >= 15 is 0 Å². The number of Topliss-reactive ketones (excluding diaryl/α,β-unsaturated/α-hetero) is 1. The van der Waals surface area contributed by atoms with Crippen molar-refractivity contribution in [2.24, 2.45) is 5.16 Å². The van der Waals surface area contributed by atoms with E-state index in [0.717, 1.165) is 33.9 Å². The van der Waals surface area contributed by atoms with Gasteiger partial charge in [-0.2, -0.15) is 0 Å². The monoisotopic (exact) mass is 590 g/mol. The van der Waals surface area contributed by atoms with Gasteiger partial charge in [0.15, 0.2) is 5.78 Å². The lowest BCUT2D eigenvalue weighted by molar-refractivity contribution is -0.140. The van der Waals surface area contributed by atoms with Gasteiger partial charge in [0.25, 0.3) is 0 Å². The largest absolute Gasteiger partial charge is 0.341 e. The van der Waals surface area contributed by atoms with Gasteiger partial charge in [0.1, 0.15) is 5.71 Å². The van der Waals surface area contributed by atoms with Gasteiger partial charge in [-0.25, -0.2) is 4.79 Å². The van der Waals surface area contributed by atoms with E-state index in [2.05, 4.69) is 42.6 Å². The minimum absolute atomic E-state index is 0.0400. The molecule has 0 saturated heterocycles. The average molecular weight is 591 g/mol. The number of aryl methyl sites for hydroxylation is 4. The summed E-state index contributed by atoms with van der Waals surface area (Å²) in [6.07, 6.45) is 0.328. The molecule has 5 aromatic rings. The van der Waals surface area contributed by atoms with Gasteiger partial charge < -0.3 is 9.40 Å². The molecule has 218 valence electrons. The zero-order valence-electron chi connectivity index (χ0n) is 25.1. The molecule has 0 amide bonds. The summed E-state index contributed by atoms with van der Waals surface area (Å²) < 4.78 is 2.18. The zero-order chi connectivity index (χ0) is 30.7. The normalized spacial score (nSPS) is 11.7. The maximum Gasteiger partial charge on any atom is 0.331 e. The summed E-state index contributed by atoms with van der Waals surface area (Å²) in [5.41, 5.74) is 7.12. The number of rotatable bonds is 10. The number of thioether (sulfide) groups is 1. The van der Waals surface area contributed by atoms with Gasteiger partial charge in [0, 0.05) is 69.0 Å². The number of fused-ring (bicyclic) bond motifs is 3. The number of hydrogen-bond donors (Lipinski definition) is 0. The second-order valence-corrected chi connectivity index (χ2v) is 11.7. The van der Waals surface area contributed by atoms with E-state index in [9.17, 15) is 14.4 Å². The fourth-order valence-corrected chi connectivity index (χ4v) is 6.56. The highest BCUT2D eigenvalue weighted by atomic mass is 32.2. The minimum Gasteiger partial charge on any atom is -0.341 e. The summed E-state index contributed by atoms with van der Waals surface area (Å²) in [7, 11) is 0. The maximum atomic E-state index is 13.8. The van der Waals surface area contributed by atoms with E-state index in [1.54, 1.807) is 17.8 Å². The van der Waals surface area contributed by atoms with E-state index in [0.29, 0.717) is 28.9 Å². The van der Waals surface area contributed by atoms with Crippen LogP contribution in [-0.4, -0.2) is 33.6 Å². The molecule has 0 N–H and O–H groups in total. The SMILES string of the molecule is CCn1c2ccc(C(=O)/C(CCSc3c(C)cccc3C)=N/OC(C)=O)cc2c2cc(C(=O)c3ccccc3C)ccc21. The number of nitrogens with zero attached hydrogens (tertiary/aromatic N) is 2. The fourth-order valence-electron chi connectivity index (χ4n) is 5.47. The van der Waals surface area contributed by atoms with Crippen LogP contribution in [0.2, 0.25) is 0 Å². The molecular formula is C36H34N2O4S.